The van der Waals surface area contributed by atoms with Gasteiger partial charge < -0.3 is 19.3 Å². The van der Waals surface area contributed by atoms with Crippen molar-refractivity contribution in [2.45, 2.75) is 225 Å². The number of ether oxygens (including phenoxy) is 2. The van der Waals surface area contributed by atoms with Crippen LogP contribution in [0.4, 0.5) is 0 Å². The standard InChI is InChI=1S/C37H71O8P/c1-3-5-7-9-11-13-15-17-19-21-23-25-27-29-35(38)43-33-31-32-34(45-46(40,41)42)37(33)44-36(39)30-28-26-24-22-20-18-16-14-12-10-8-6-4-2/h33-34,37H,3-32H2,1-2H3,(H2,40,41,42)/t33-,34-,37+/m0/s1. The third-order valence-electron chi connectivity index (χ3n) is 9.26. The van der Waals surface area contributed by atoms with E-state index in [9.17, 15) is 23.9 Å². The SMILES string of the molecule is CCCCCCCCCCCCCCCC(=O)O[C@@H]1[C@@H](OC(=O)CCCCCCCCCCCCCCC)CC[C@@H]1OP(=O)(O)O. The Morgan fingerprint density at radius 2 is 0.804 bits per heavy atom. The molecule has 0 spiro atoms. The van der Waals surface area contributed by atoms with Crippen molar-refractivity contribution in [3.05, 3.63) is 0 Å². The topological polar surface area (TPSA) is 119 Å². The molecule has 0 radical (unpaired) electrons. The van der Waals surface area contributed by atoms with Crippen molar-refractivity contribution in [1.82, 2.24) is 0 Å². The maximum absolute atomic E-state index is 12.6. The summed E-state index contributed by atoms with van der Waals surface area (Å²) in [5.41, 5.74) is 0. The maximum atomic E-state index is 12.6. The van der Waals surface area contributed by atoms with Crippen LogP contribution in [0.2, 0.25) is 0 Å². The lowest BCUT2D eigenvalue weighted by Gasteiger charge is -2.25. The minimum atomic E-state index is -4.78. The molecule has 1 fully saturated rings. The summed E-state index contributed by atoms with van der Waals surface area (Å²) < 4.78 is 27.7. The van der Waals surface area contributed by atoms with Crippen LogP contribution in [-0.2, 0) is 28.2 Å². The average Bonchev–Trinajstić information content (AvgIpc) is 3.36. The molecular formula is C37H71O8P. The molecule has 272 valence electrons. The molecule has 8 nitrogen and oxygen atoms in total. The second-order valence-corrected chi connectivity index (χ2v) is 14.9. The van der Waals surface area contributed by atoms with Gasteiger partial charge in [0.15, 0.2) is 6.10 Å². The Morgan fingerprint density at radius 1 is 0.500 bits per heavy atom. The Hall–Kier alpha value is -0.950. The first-order valence-electron chi connectivity index (χ1n) is 19.4. The van der Waals surface area contributed by atoms with Gasteiger partial charge in [0.25, 0.3) is 0 Å². The van der Waals surface area contributed by atoms with E-state index >= 15 is 0 Å². The van der Waals surface area contributed by atoms with Crippen LogP contribution in [0.1, 0.15) is 206 Å². The first-order valence-corrected chi connectivity index (χ1v) is 20.9. The van der Waals surface area contributed by atoms with E-state index in [2.05, 4.69) is 13.8 Å². The highest BCUT2D eigenvalue weighted by atomic mass is 31.2. The van der Waals surface area contributed by atoms with Gasteiger partial charge in [0.05, 0.1) is 0 Å². The highest BCUT2D eigenvalue weighted by molar-refractivity contribution is 7.46. The lowest BCUT2D eigenvalue weighted by atomic mass is 10.0. The van der Waals surface area contributed by atoms with Gasteiger partial charge in [-0.15, -0.1) is 0 Å². The molecule has 1 saturated carbocycles. The van der Waals surface area contributed by atoms with Crippen molar-refractivity contribution in [3.8, 4) is 0 Å². The molecule has 2 N–H and O–H groups in total. The molecule has 1 aliphatic rings. The number of rotatable bonds is 32. The number of hydrogen-bond donors (Lipinski definition) is 2. The molecule has 0 unspecified atom stereocenters. The third kappa shape index (κ3) is 25.1. The monoisotopic (exact) mass is 674 g/mol. The predicted octanol–water partition coefficient (Wildman–Crippen LogP) is 11.0. The largest absolute Gasteiger partial charge is 0.469 e. The van der Waals surface area contributed by atoms with Crippen molar-refractivity contribution in [1.29, 1.82) is 0 Å². The van der Waals surface area contributed by atoms with Crippen molar-refractivity contribution in [2.75, 3.05) is 0 Å². The summed E-state index contributed by atoms with van der Waals surface area (Å²) in [6.07, 6.45) is 30.1. The van der Waals surface area contributed by atoms with Crippen LogP contribution >= 0.6 is 7.82 Å². The number of carbonyl (C=O) groups is 2. The number of phosphoric ester groups is 1. The molecule has 0 saturated heterocycles. The fourth-order valence-corrected chi connectivity index (χ4v) is 7.05. The van der Waals surface area contributed by atoms with Gasteiger partial charge in [-0.05, 0) is 25.7 Å². The second kappa shape index (κ2) is 29.0. The van der Waals surface area contributed by atoms with Crippen LogP contribution in [0.15, 0.2) is 0 Å². The Labute approximate surface area is 282 Å². The lowest BCUT2D eigenvalue weighted by molar-refractivity contribution is -0.170. The van der Waals surface area contributed by atoms with Gasteiger partial charge in [0, 0.05) is 12.8 Å². The molecule has 46 heavy (non-hydrogen) atoms. The number of carbonyl (C=O) groups excluding carboxylic acids is 2. The van der Waals surface area contributed by atoms with Crippen molar-refractivity contribution in [3.63, 3.8) is 0 Å². The van der Waals surface area contributed by atoms with E-state index in [-0.39, 0.29) is 25.2 Å². The number of hydrogen-bond acceptors (Lipinski definition) is 6. The zero-order valence-corrected chi connectivity index (χ0v) is 30.6. The number of phosphoric acid groups is 1. The Morgan fingerprint density at radius 3 is 1.15 bits per heavy atom. The highest BCUT2D eigenvalue weighted by Crippen LogP contribution is 2.43. The fraction of sp³-hybridized carbons (Fsp3) is 0.946. The quantitative estimate of drug-likeness (QED) is 0.0411. The lowest BCUT2D eigenvalue weighted by Crippen LogP contribution is -2.38. The Balaban J connectivity index is 2.22. The molecule has 0 bridgehead atoms. The van der Waals surface area contributed by atoms with Gasteiger partial charge in [0.1, 0.15) is 12.2 Å². The third-order valence-corrected chi connectivity index (χ3v) is 9.81. The molecule has 0 aromatic heterocycles. The zero-order chi connectivity index (χ0) is 33.7. The summed E-state index contributed by atoms with van der Waals surface area (Å²) in [4.78, 5) is 43.9. The summed E-state index contributed by atoms with van der Waals surface area (Å²) in [6, 6.07) is 0. The van der Waals surface area contributed by atoms with E-state index in [1.165, 1.54) is 128 Å². The zero-order valence-electron chi connectivity index (χ0n) is 29.7. The van der Waals surface area contributed by atoms with E-state index in [0.717, 1.165) is 32.1 Å². The van der Waals surface area contributed by atoms with E-state index < -0.39 is 32.1 Å². The molecule has 1 rings (SSSR count). The molecule has 1 aliphatic carbocycles. The number of unbranched alkanes of at least 4 members (excludes halogenated alkanes) is 24. The van der Waals surface area contributed by atoms with Crippen LogP contribution < -0.4 is 0 Å². The molecule has 9 heteroatoms. The highest BCUT2D eigenvalue weighted by Gasteiger charge is 2.45. The normalized spacial score (nSPS) is 18.2. The summed E-state index contributed by atoms with van der Waals surface area (Å²) >= 11 is 0. The van der Waals surface area contributed by atoms with Gasteiger partial charge >= 0.3 is 19.8 Å². The van der Waals surface area contributed by atoms with Crippen molar-refractivity contribution < 1.29 is 37.9 Å². The summed E-state index contributed by atoms with van der Waals surface area (Å²) in [5.74, 6) is -0.797. The predicted molar refractivity (Wildman–Crippen MR) is 187 cm³/mol. The van der Waals surface area contributed by atoms with Crippen LogP contribution in [-0.4, -0.2) is 40.0 Å². The molecular weight excluding hydrogens is 603 g/mol. The first kappa shape index (κ1) is 43.1. The summed E-state index contributed by atoms with van der Waals surface area (Å²) in [6.45, 7) is 4.49. The van der Waals surface area contributed by atoms with Gasteiger partial charge in [-0.2, -0.15) is 0 Å². The Kier molecular flexibility index (Phi) is 27.2. The molecule has 0 aromatic carbocycles. The summed E-state index contributed by atoms with van der Waals surface area (Å²) in [5, 5.41) is 0. The van der Waals surface area contributed by atoms with Crippen LogP contribution in [0.25, 0.3) is 0 Å². The van der Waals surface area contributed by atoms with Crippen LogP contribution in [0.5, 0.6) is 0 Å². The van der Waals surface area contributed by atoms with E-state index in [1.807, 2.05) is 0 Å². The van der Waals surface area contributed by atoms with Crippen LogP contribution in [0.3, 0.4) is 0 Å². The molecule has 0 heterocycles. The molecule has 3 atom stereocenters. The average molecular weight is 675 g/mol. The molecule has 0 aromatic rings. The minimum absolute atomic E-state index is 0.233. The van der Waals surface area contributed by atoms with Gasteiger partial charge in [-0.3, -0.25) is 14.1 Å². The van der Waals surface area contributed by atoms with E-state index in [0.29, 0.717) is 12.8 Å². The maximum Gasteiger partial charge on any atom is 0.469 e. The minimum Gasteiger partial charge on any atom is -0.458 e. The van der Waals surface area contributed by atoms with E-state index in [4.69, 9.17) is 14.0 Å². The van der Waals surface area contributed by atoms with Crippen molar-refractivity contribution >= 4 is 19.8 Å². The first-order chi connectivity index (χ1) is 22.3. The van der Waals surface area contributed by atoms with Crippen molar-refractivity contribution in [2.24, 2.45) is 0 Å². The van der Waals surface area contributed by atoms with Gasteiger partial charge in [-0.1, -0.05) is 168 Å². The van der Waals surface area contributed by atoms with Crippen LogP contribution in [0, 0.1) is 0 Å². The van der Waals surface area contributed by atoms with E-state index in [1.54, 1.807) is 0 Å². The van der Waals surface area contributed by atoms with Gasteiger partial charge in [0.2, 0.25) is 0 Å². The Bertz CT molecular complexity index is 785. The van der Waals surface area contributed by atoms with Gasteiger partial charge in [-0.25, -0.2) is 4.57 Å². The second-order valence-electron chi connectivity index (χ2n) is 13.7. The smallest absolute Gasteiger partial charge is 0.458 e. The molecule has 0 aliphatic heterocycles. The molecule has 0 amide bonds. The fourth-order valence-electron chi connectivity index (χ4n) is 6.48. The number of esters is 2. The summed E-state index contributed by atoms with van der Waals surface area (Å²) in [7, 11) is -4.78.